The Hall–Kier alpha value is -2.50. The molecule has 5 nitrogen and oxygen atoms in total. The normalized spacial score (nSPS) is 12.9. The van der Waals surface area contributed by atoms with E-state index in [0.29, 0.717) is 18.1 Å². The molecule has 1 aliphatic rings. The molecule has 1 heterocycles. The van der Waals surface area contributed by atoms with Gasteiger partial charge in [-0.1, -0.05) is 42.5 Å². The third-order valence-electron chi connectivity index (χ3n) is 4.21. The third-order valence-corrected chi connectivity index (χ3v) is 4.21. The van der Waals surface area contributed by atoms with E-state index in [1.807, 2.05) is 30.3 Å². The minimum atomic E-state index is 0.238. The summed E-state index contributed by atoms with van der Waals surface area (Å²) in [7, 11) is 3.37. The van der Waals surface area contributed by atoms with Gasteiger partial charge in [0.1, 0.15) is 0 Å². The van der Waals surface area contributed by atoms with Crippen LogP contribution in [-0.2, 0) is 11.3 Å². The Balaban J connectivity index is 1.69. The van der Waals surface area contributed by atoms with Gasteiger partial charge in [-0.15, -0.1) is 0 Å². The number of benzene rings is 2. The zero-order chi connectivity index (χ0) is 18.2. The fraction of sp³-hybridized carbons (Fsp3) is 0.333. The summed E-state index contributed by atoms with van der Waals surface area (Å²) in [6, 6.07) is 14.3. The molecule has 138 valence electrons. The first kappa shape index (κ1) is 18.3. The summed E-state index contributed by atoms with van der Waals surface area (Å²) in [5.41, 5.74) is 2.32. The molecule has 5 heteroatoms. The highest BCUT2D eigenvalue weighted by atomic mass is 16.7. The van der Waals surface area contributed by atoms with E-state index >= 15 is 0 Å². The molecule has 0 saturated carbocycles. The molecule has 3 rings (SSSR count). The van der Waals surface area contributed by atoms with Gasteiger partial charge >= 0.3 is 0 Å². The summed E-state index contributed by atoms with van der Waals surface area (Å²) >= 11 is 0. The maximum atomic E-state index is 5.52. The average molecular weight is 355 g/mol. The number of hydrogen-bond acceptors (Lipinski definition) is 5. The molecule has 2 aromatic rings. The lowest BCUT2D eigenvalue weighted by atomic mass is 10.1. The Morgan fingerprint density at radius 2 is 1.96 bits per heavy atom. The summed E-state index contributed by atoms with van der Waals surface area (Å²) in [5, 5.41) is 0. The van der Waals surface area contributed by atoms with Gasteiger partial charge in [0.2, 0.25) is 12.5 Å². The highest BCUT2D eigenvalue weighted by Crippen LogP contribution is 2.42. The fourth-order valence-electron chi connectivity index (χ4n) is 2.89. The molecular weight excluding hydrogens is 330 g/mol. The van der Waals surface area contributed by atoms with E-state index in [-0.39, 0.29) is 6.79 Å². The smallest absolute Gasteiger partial charge is 0.231 e. The second-order valence-corrected chi connectivity index (χ2v) is 6.07. The summed E-state index contributed by atoms with van der Waals surface area (Å²) in [6.45, 7) is 3.36. The quantitative estimate of drug-likeness (QED) is 0.687. The molecule has 0 aromatic heterocycles. The van der Waals surface area contributed by atoms with Crippen molar-refractivity contribution in [3.8, 4) is 17.2 Å². The van der Waals surface area contributed by atoms with Crippen LogP contribution in [0.25, 0.3) is 6.08 Å². The first-order valence-electron chi connectivity index (χ1n) is 8.69. The fourth-order valence-corrected chi connectivity index (χ4v) is 2.89. The average Bonchev–Trinajstić information content (AvgIpc) is 3.14. The van der Waals surface area contributed by atoms with Crippen LogP contribution >= 0.6 is 0 Å². The Bertz CT molecular complexity index is 730. The maximum Gasteiger partial charge on any atom is 0.231 e. The Kier molecular flexibility index (Phi) is 6.52. The van der Waals surface area contributed by atoms with Gasteiger partial charge in [-0.05, 0) is 23.3 Å². The van der Waals surface area contributed by atoms with Crippen molar-refractivity contribution in [1.82, 2.24) is 4.90 Å². The van der Waals surface area contributed by atoms with Gasteiger partial charge in [-0.2, -0.15) is 0 Å². The van der Waals surface area contributed by atoms with E-state index in [4.69, 9.17) is 18.9 Å². The van der Waals surface area contributed by atoms with Crippen molar-refractivity contribution in [3.63, 3.8) is 0 Å². The van der Waals surface area contributed by atoms with Crippen molar-refractivity contribution in [2.45, 2.75) is 6.54 Å². The number of rotatable bonds is 9. The topological polar surface area (TPSA) is 40.2 Å². The molecule has 26 heavy (non-hydrogen) atoms. The second kappa shape index (κ2) is 9.27. The monoisotopic (exact) mass is 355 g/mol. The van der Waals surface area contributed by atoms with Crippen LogP contribution in [0.2, 0.25) is 0 Å². The standard InChI is InChI=1S/C21H25NO4/c1-23-12-11-22(10-6-9-17-7-4-3-5-8-17)15-18-13-19(24-2)21-20(14-18)25-16-26-21/h3-9,13-14H,10-12,15-16H2,1-2H3/b9-6+. The lowest BCUT2D eigenvalue weighted by Gasteiger charge is -2.21. The van der Waals surface area contributed by atoms with Gasteiger partial charge < -0.3 is 18.9 Å². The summed E-state index contributed by atoms with van der Waals surface area (Å²) in [5.74, 6) is 2.14. The molecule has 0 aliphatic carbocycles. The van der Waals surface area contributed by atoms with E-state index in [2.05, 4.69) is 29.2 Å². The van der Waals surface area contributed by atoms with Gasteiger partial charge in [-0.25, -0.2) is 0 Å². The summed E-state index contributed by atoms with van der Waals surface area (Å²) in [6.07, 6.45) is 4.31. The number of ether oxygens (including phenoxy) is 4. The molecule has 0 saturated heterocycles. The molecule has 0 radical (unpaired) electrons. The van der Waals surface area contributed by atoms with Crippen molar-refractivity contribution in [2.24, 2.45) is 0 Å². The van der Waals surface area contributed by atoms with Gasteiger partial charge in [0.15, 0.2) is 11.5 Å². The Morgan fingerprint density at radius 1 is 1.12 bits per heavy atom. The number of hydrogen-bond donors (Lipinski definition) is 0. The van der Waals surface area contributed by atoms with Gasteiger partial charge in [-0.3, -0.25) is 4.90 Å². The Labute approximate surface area is 154 Å². The van der Waals surface area contributed by atoms with Crippen LogP contribution in [0.15, 0.2) is 48.5 Å². The minimum absolute atomic E-state index is 0.238. The molecule has 0 bridgehead atoms. The van der Waals surface area contributed by atoms with Gasteiger partial charge in [0.05, 0.1) is 13.7 Å². The van der Waals surface area contributed by atoms with E-state index in [1.165, 1.54) is 5.56 Å². The van der Waals surface area contributed by atoms with Crippen LogP contribution in [0.3, 0.4) is 0 Å². The number of methoxy groups -OCH3 is 2. The predicted octanol–water partition coefficient (Wildman–Crippen LogP) is 3.59. The Morgan fingerprint density at radius 3 is 2.73 bits per heavy atom. The molecular formula is C21H25NO4. The predicted molar refractivity (Wildman–Crippen MR) is 102 cm³/mol. The summed E-state index contributed by atoms with van der Waals surface area (Å²) in [4.78, 5) is 2.32. The van der Waals surface area contributed by atoms with Crippen molar-refractivity contribution in [1.29, 1.82) is 0 Å². The zero-order valence-electron chi connectivity index (χ0n) is 15.3. The van der Waals surface area contributed by atoms with Crippen LogP contribution in [0, 0.1) is 0 Å². The van der Waals surface area contributed by atoms with Crippen molar-refractivity contribution < 1.29 is 18.9 Å². The molecule has 1 aliphatic heterocycles. The first-order chi connectivity index (χ1) is 12.8. The van der Waals surface area contributed by atoms with E-state index < -0.39 is 0 Å². The van der Waals surface area contributed by atoms with E-state index in [0.717, 1.165) is 30.9 Å². The maximum absolute atomic E-state index is 5.52. The van der Waals surface area contributed by atoms with Gasteiger partial charge in [0.25, 0.3) is 0 Å². The SMILES string of the molecule is COCCN(C/C=C/c1ccccc1)Cc1cc(OC)c2c(c1)OCO2. The third kappa shape index (κ3) is 4.77. The highest BCUT2D eigenvalue weighted by Gasteiger charge is 2.20. The highest BCUT2D eigenvalue weighted by molar-refractivity contribution is 5.55. The van der Waals surface area contributed by atoms with Crippen molar-refractivity contribution in [2.75, 3.05) is 40.7 Å². The van der Waals surface area contributed by atoms with Crippen LogP contribution in [0.4, 0.5) is 0 Å². The van der Waals surface area contributed by atoms with E-state index in [1.54, 1.807) is 14.2 Å². The number of fused-ring (bicyclic) bond motifs is 1. The zero-order valence-corrected chi connectivity index (χ0v) is 15.3. The van der Waals surface area contributed by atoms with Crippen LogP contribution in [0.1, 0.15) is 11.1 Å². The molecule has 0 N–H and O–H groups in total. The first-order valence-corrected chi connectivity index (χ1v) is 8.69. The lowest BCUT2D eigenvalue weighted by Crippen LogP contribution is -2.27. The molecule has 0 amide bonds. The summed E-state index contributed by atoms with van der Waals surface area (Å²) < 4.78 is 21.7. The second-order valence-electron chi connectivity index (χ2n) is 6.07. The molecule has 0 fully saturated rings. The molecule has 0 unspecified atom stereocenters. The van der Waals surface area contributed by atoms with E-state index in [9.17, 15) is 0 Å². The van der Waals surface area contributed by atoms with Crippen LogP contribution < -0.4 is 14.2 Å². The van der Waals surface area contributed by atoms with Crippen molar-refractivity contribution in [3.05, 3.63) is 59.7 Å². The van der Waals surface area contributed by atoms with Gasteiger partial charge in [0, 0.05) is 26.7 Å². The lowest BCUT2D eigenvalue weighted by molar-refractivity contribution is 0.151. The van der Waals surface area contributed by atoms with Crippen LogP contribution in [0.5, 0.6) is 17.2 Å². The van der Waals surface area contributed by atoms with Crippen LogP contribution in [-0.4, -0.2) is 45.6 Å². The molecule has 0 atom stereocenters. The minimum Gasteiger partial charge on any atom is -0.493 e. The van der Waals surface area contributed by atoms with Crippen molar-refractivity contribution >= 4 is 6.08 Å². The largest absolute Gasteiger partial charge is 0.493 e. The number of nitrogens with zero attached hydrogens (tertiary/aromatic N) is 1. The molecule has 2 aromatic carbocycles. The molecule has 0 spiro atoms.